The van der Waals surface area contributed by atoms with Crippen molar-refractivity contribution < 1.29 is 18.7 Å². The van der Waals surface area contributed by atoms with Crippen LogP contribution in [-0.2, 0) is 9.53 Å². The third-order valence-corrected chi connectivity index (χ3v) is 5.18. The number of benzene rings is 1. The lowest BCUT2D eigenvalue weighted by Gasteiger charge is -2.30. The number of hydrogen-bond acceptors (Lipinski definition) is 4. The summed E-state index contributed by atoms with van der Waals surface area (Å²) in [6, 6.07) is 10.5. The van der Waals surface area contributed by atoms with Crippen LogP contribution in [0.25, 0.3) is 0 Å². The Morgan fingerprint density at radius 3 is 2.28 bits per heavy atom. The van der Waals surface area contributed by atoms with Crippen LogP contribution in [0.5, 0.6) is 11.6 Å². The van der Waals surface area contributed by atoms with E-state index in [-0.39, 0.29) is 33.9 Å². The molecule has 0 aliphatic rings. The lowest BCUT2D eigenvalue weighted by Crippen LogP contribution is -2.33. The van der Waals surface area contributed by atoms with E-state index in [4.69, 9.17) is 39.1 Å². The molecule has 0 aliphatic carbocycles. The first-order valence-electron chi connectivity index (χ1n) is 10.2. The van der Waals surface area contributed by atoms with Crippen LogP contribution in [0, 0.1) is 41.8 Å². The molecule has 0 radical (unpaired) electrons. The van der Waals surface area contributed by atoms with Gasteiger partial charge in [-0.2, -0.15) is 0 Å². The molecule has 170 valence electrons. The molecule has 3 atom stereocenters. The number of pyridine rings is 1. The molecular weight excluding hydrogens is 452 g/mol. The van der Waals surface area contributed by atoms with Crippen LogP contribution in [0.1, 0.15) is 39.5 Å². The summed E-state index contributed by atoms with van der Waals surface area (Å²) in [6.07, 6.45) is 6.32. The van der Waals surface area contributed by atoms with Crippen LogP contribution < -0.4 is 4.74 Å². The van der Waals surface area contributed by atoms with Crippen LogP contribution >= 0.6 is 23.2 Å². The van der Waals surface area contributed by atoms with Gasteiger partial charge in [0.1, 0.15) is 16.1 Å². The van der Waals surface area contributed by atoms with E-state index in [1.165, 1.54) is 24.3 Å². The van der Waals surface area contributed by atoms with Crippen molar-refractivity contribution in [3.05, 3.63) is 64.5 Å². The van der Waals surface area contributed by atoms with E-state index in [0.717, 1.165) is 0 Å². The SMILES string of the molecule is C#CC(OC(=O)C(C(C)C)C(C=C(Cl)Cl)C(C)C)c1cccc(Oc2ccc(F)cc2)n1. The maximum atomic E-state index is 13.1. The number of carbonyl (C=O) groups is 1. The molecule has 7 heteroatoms. The van der Waals surface area contributed by atoms with Crippen LogP contribution in [0.15, 0.2) is 53.0 Å². The maximum absolute atomic E-state index is 13.1. The summed E-state index contributed by atoms with van der Waals surface area (Å²) in [5, 5.41) is 0. The summed E-state index contributed by atoms with van der Waals surface area (Å²) in [4.78, 5) is 17.5. The summed E-state index contributed by atoms with van der Waals surface area (Å²) < 4.78 is 24.5. The van der Waals surface area contributed by atoms with Gasteiger partial charge in [-0.1, -0.05) is 62.9 Å². The van der Waals surface area contributed by atoms with Crippen molar-refractivity contribution >= 4 is 29.2 Å². The molecule has 0 amide bonds. The second kappa shape index (κ2) is 11.9. The molecular formula is C25H26Cl2FNO3. The van der Waals surface area contributed by atoms with Gasteiger partial charge >= 0.3 is 5.97 Å². The van der Waals surface area contributed by atoms with Gasteiger partial charge in [-0.3, -0.25) is 4.79 Å². The normalized spacial score (nSPS) is 13.8. The van der Waals surface area contributed by atoms with E-state index in [1.54, 1.807) is 24.3 Å². The molecule has 1 aromatic carbocycles. The zero-order valence-electron chi connectivity index (χ0n) is 18.4. The highest BCUT2D eigenvalue weighted by molar-refractivity contribution is 6.55. The topological polar surface area (TPSA) is 48.4 Å². The molecule has 0 saturated heterocycles. The number of halogens is 3. The lowest BCUT2D eigenvalue weighted by atomic mass is 9.77. The molecule has 2 aromatic rings. The van der Waals surface area contributed by atoms with Gasteiger partial charge in [0.25, 0.3) is 0 Å². The lowest BCUT2D eigenvalue weighted by molar-refractivity contribution is -0.155. The molecule has 32 heavy (non-hydrogen) atoms. The minimum absolute atomic E-state index is 0.0432. The quantitative estimate of drug-likeness (QED) is 0.285. The van der Waals surface area contributed by atoms with E-state index >= 15 is 0 Å². The summed E-state index contributed by atoms with van der Waals surface area (Å²) in [6.45, 7) is 7.82. The third-order valence-electron chi connectivity index (χ3n) is 4.93. The number of rotatable bonds is 9. The van der Waals surface area contributed by atoms with Crippen LogP contribution in [-0.4, -0.2) is 11.0 Å². The van der Waals surface area contributed by atoms with E-state index in [9.17, 15) is 9.18 Å². The van der Waals surface area contributed by atoms with E-state index in [0.29, 0.717) is 11.4 Å². The zero-order chi connectivity index (χ0) is 23.8. The molecule has 0 aliphatic heterocycles. The second-order valence-electron chi connectivity index (χ2n) is 7.99. The summed E-state index contributed by atoms with van der Waals surface area (Å²) in [7, 11) is 0. The Morgan fingerprint density at radius 1 is 1.09 bits per heavy atom. The average Bonchev–Trinajstić information content (AvgIpc) is 2.72. The van der Waals surface area contributed by atoms with Crippen molar-refractivity contribution in [2.24, 2.45) is 23.7 Å². The van der Waals surface area contributed by atoms with Crippen molar-refractivity contribution in [2.75, 3.05) is 0 Å². The standard InChI is InChI=1S/C25H26Cl2FNO3/c1-6-21(32-25(30)24(16(4)5)19(15(2)3)14-22(26)27)20-8-7-9-23(29-20)31-18-12-10-17(28)11-13-18/h1,7-16,19,21,24H,2-5H3. The summed E-state index contributed by atoms with van der Waals surface area (Å²) in [5.41, 5.74) is 0.343. The van der Waals surface area contributed by atoms with Gasteiger partial charge in [0.15, 0.2) is 0 Å². The first-order valence-corrected chi connectivity index (χ1v) is 11.0. The average molecular weight is 478 g/mol. The molecule has 4 nitrogen and oxygen atoms in total. The molecule has 0 fully saturated rings. The number of allylic oxidation sites excluding steroid dienone is 1. The number of terminal acetylenes is 1. The molecule has 0 N–H and O–H groups in total. The largest absolute Gasteiger partial charge is 0.442 e. The smallest absolute Gasteiger partial charge is 0.311 e. The molecule has 0 saturated carbocycles. The zero-order valence-corrected chi connectivity index (χ0v) is 19.9. The fourth-order valence-corrected chi connectivity index (χ4v) is 3.65. The first kappa shape index (κ1) is 25.7. The number of carbonyl (C=O) groups excluding carboxylic acids is 1. The van der Waals surface area contributed by atoms with E-state index in [1.807, 2.05) is 27.7 Å². The number of esters is 1. The van der Waals surface area contributed by atoms with Gasteiger partial charge in [-0.25, -0.2) is 9.37 Å². The first-order chi connectivity index (χ1) is 15.1. The summed E-state index contributed by atoms with van der Waals surface area (Å²) in [5.74, 6) is 1.61. The van der Waals surface area contributed by atoms with Crippen LogP contribution in [0.4, 0.5) is 4.39 Å². The Labute approximate surface area is 198 Å². The fraction of sp³-hybridized carbons (Fsp3) is 0.360. The van der Waals surface area contributed by atoms with Crippen molar-refractivity contribution in [2.45, 2.75) is 33.8 Å². The van der Waals surface area contributed by atoms with Crippen LogP contribution in [0.3, 0.4) is 0 Å². The Kier molecular flexibility index (Phi) is 9.56. The molecule has 2 rings (SSSR count). The molecule has 1 aromatic heterocycles. The number of aromatic nitrogens is 1. The summed E-state index contributed by atoms with van der Waals surface area (Å²) >= 11 is 11.8. The minimum Gasteiger partial charge on any atom is -0.442 e. The molecule has 0 spiro atoms. The Morgan fingerprint density at radius 2 is 1.75 bits per heavy atom. The highest BCUT2D eigenvalue weighted by Crippen LogP contribution is 2.33. The van der Waals surface area contributed by atoms with Crippen LogP contribution in [0.2, 0.25) is 0 Å². The predicted octanol–water partition coefficient (Wildman–Crippen LogP) is 7.09. The van der Waals surface area contributed by atoms with Gasteiger partial charge in [0.2, 0.25) is 12.0 Å². The predicted molar refractivity (Wildman–Crippen MR) is 125 cm³/mol. The van der Waals surface area contributed by atoms with Crippen molar-refractivity contribution in [3.8, 4) is 24.0 Å². The third kappa shape index (κ3) is 7.25. The Balaban J connectivity index is 2.24. The van der Waals surface area contributed by atoms with Gasteiger partial charge in [0.05, 0.1) is 11.6 Å². The number of nitrogens with zero attached hydrogens (tertiary/aromatic N) is 1. The molecule has 0 bridgehead atoms. The van der Waals surface area contributed by atoms with Gasteiger partial charge < -0.3 is 9.47 Å². The number of hydrogen-bond donors (Lipinski definition) is 0. The fourth-order valence-electron chi connectivity index (χ4n) is 3.36. The van der Waals surface area contributed by atoms with Gasteiger partial charge in [-0.15, -0.1) is 6.42 Å². The monoisotopic (exact) mass is 477 g/mol. The second-order valence-corrected chi connectivity index (χ2v) is 9.00. The van der Waals surface area contributed by atoms with Gasteiger partial charge in [0, 0.05) is 6.07 Å². The van der Waals surface area contributed by atoms with E-state index in [2.05, 4.69) is 10.9 Å². The van der Waals surface area contributed by atoms with Gasteiger partial charge in [-0.05, 0) is 54.2 Å². The Hall–Kier alpha value is -2.55. The van der Waals surface area contributed by atoms with Crippen molar-refractivity contribution in [3.63, 3.8) is 0 Å². The Bertz CT molecular complexity index is 979. The number of ether oxygens (including phenoxy) is 2. The van der Waals surface area contributed by atoms with Crippen molar-refractivity contribution in [1.82, 2.24) is 4.98 Å². The molecule has 1 heterocycles. The highest BCUT2D eigenvalue weighted by atomic mass is 35.5. The highest BCUT2D eigenvalue weighted by Gasteiger charge is 2.35. The maximum Gasteiger partial charge on any atom is 0.311 e. The minimum atomic E-state index is -1.01. The van der Waals surface area contributed by atoms with E-state index < -0.39 is 18.0 Å². The van der Waals surface area contributed by atoms with Crippen molar-refractivity contribution in [1.29, 1.82) is 0 Å². The molecule has 3 unspecified atom stereocenters.